The lowest BCUT2D eigenvalue weighted by Gasteiger charge is -2.20. The van der Waals surface area contributed by atoms with Crippen LogP contribution in [-0.4, -0.2) is 64.2 Å². The summed E-state index contributed by atoms with van der Waals surface area (Å²) in [6.07, 6.45) is 9.11. The fourth-order valence-electron chi connectivity index (χ4n) is 2.58. The molecule has 0 radical (unpaired) electrons. The topological polar surface area (TPSA) is 75.2 Å². The number of carbonyl (C=O) groups excluding carboxylic acids is 1. The van der Waals surface area contributed by atoms with Gasteiger partial charge in [0.1, 0.15) is 24.0 Å². The average molecular weight is 545 g/mol. The molecule has 1 unspecified atom stereocenters. The van der Waals surface area contributed by atoms with Crippen LogP contribution in [0, 0.1) is 5.82 Å². The number of nitrogens with one attached hydrogen (secondary N) is 2. The molecule has 1 aliphatic rings. The van der Waals surface area contributed by atoms with Crippen molar-refractivity contribution in [2.24, 2.45) is 4.99 Å². The molecule has 194 valence electrons. The van der Waals surface area contributed by atoms with Crippen molar-refractivity contribution in [2.75, 3.05) is 51.9 Å². The van der Waals surface area contributed by atoms with Gasteiger partial charge in [0.05, 0.1) is 34.8 Å². The maximum Gasteiger partial charge on any atom is 0.154 e. The molecule has 0 amide bonds. The van der Waals surface area contributed by atoms with Crippen molar-refractivity contribution in [2.45, 2.75) is 20.3 Å². The first-order valence-corrected chi connectivity index (χ1v) is 14.8. The second kappa shape index (κ2) is 17.4. The van der Waals surface area contributed by atoms with Gasteiger partial charge in [-0.15, -0.1) is 11.4 Å². The SMILES string of the molecule is C/C=C(\C=C1\N=CC(NC)=CN1C)OCCOC.CCCSP(C)Nc1ccc(F)c(C=O)c1Cl. The second-order valence-corrected chi connectivity index (χ2v) is 11.8. The van der Waals surface area contributed by atoms with E-state index in [0.717, 1.165) is 29.5 Å². The number of halogens is 2. The lowest BCUT2D eigenvalue weighted by molar-refractivity contribution is 0.112. The molecule has 0 fully saturated rings. The third-order valence-corrected chi connectivity index (χ3v) is 8.37. The summed E-state index contributed by atoms with van der Waals surface area (Å²) in [5.74, 6) is 2.10. The number of nitrogens with zero attached hydrogens (tertiary/aromatic N) is 2. The number of anilines is 1. The summed E-state index contributed by atoms with van der Waals surface area (Å²) >= 11 is 7.77. The highest BCUT2D eigenvalue weighted by molar-refractivity contribution is 8.55. The average Bonchev–Trinajstić information content (AvgIpc) is 2.85. The van der Waals surface area contributed by atoms with Gasteiger partial charge in [0.15, 0.2) is 6.29 Å². The number of hydrogen-bond acceptors (Lipinski definition) is 8. The first-order chi connectivity index (χ1) is 16.8. The van der Waals surface area contributed by atoms with Crippen LogP contribution in [0.3, 0.4) is 0 Å². The van der Waals surface area contributed by atoms with Crippen LogP contribution in [0.5, 0.6) is 0 Å². The number of hydrogen-bond donors (Lipinski definition) is 2. The summed E-state index contributed by atoms with van der Waals surface area (Å²) in [6, 6.07) is 2.82. The smallest absolute Gasteiger partial charge is 0.154 e. The molecule has 0 aromatic heterocycles. The number of carbonyl (C=O) groups is 1. The molecule has 1 heterocycles. The molecule has 0 saturated carbocycles. The summed E-state index contributed by atoms with van der Waals surface area (Å²) < 4.78 is 23.7. The summed E-state index contributed by atoms with van der Waals surface area (Å²) in [5, 5.41) is 6.42. The number of aldehydes is 1. The molecule has 1 aliphatic heterocycles. The van der Waals surface area contributed by atoms with Gasteiger partial charge in [-0.05, 0) is 44.0 Å². The van der Waals surface area contributed by atoms with E-state index in [1.807, 2.05) is 55.7 Å². The van der Waals surface area contributed by atoms with Crippen molar-refractivity contribution in [3.8, 4) is 0 Å². The third kappa shape index (κ3) is 11.0. The van der Waals surface area contributed by atoms with Crippen molar-refractivity contribution < 1.29 is 18.7 Å². The quantitative estimate of drug-likeness (QED) is 0.139. The zero-order valence-corrected chi connectivity index (χ0v) is 23.6. The number of aliphatic imine (C=N–C) groups is 1. The monoisotopic (exact) mass is 544 g/mol. The van der Waals surface area contributed by atoms with E-state index in [9.17, 15) is 9.18 Å². The molecule has 2 rings (SSSR count). The highest BCUT2D eigenvalue weighted by Gasteiger charge is 2.13. The van der Waals surface area contributed by atoms with Crippen LogP contribution in [0.25, 0.3) is 0 Å². The van der Waals surface area contributed by atoms with Crippen molar-refractivity contribution in [1.29, 1.82) is 0 Å². The first kappa shape index (κ1) is 31.0. The standard InChI is InChI=1S/C13H21N3O2.C11H14ClFNOPS/c1-5-12(18-7-6-17-4)8-13-15-9-11(14-2)10-16(13)3;1-3-6-17-16(2)14-10-5-4-9(13)8(7-15)11(10)12/h5,8-10,14H,6-7H2,1-4H3;4-5,7,14H,3,6H2,1-2H3/b12-5+,13-8-;. The summed E-state index contributed by atoms with van der Waals surface area (Å²) in [4.78, 5) is 17.0. The number of allylic oxidation sites excluding steroid dienone is 3. The minimum absolute atomic E-state index is 0.0828. The predicted molar refractivity (Wildman–Crippen MR) is 149 cm³/mol. The van der Waals surface area contributed by atoms with Gasteiger partial charge in [-0.2, -0.15) is 0 Å². The summed E-state index contributed by atoms with van der Waals surface area (Å²) in [6.45, 7) is 7.22. The molecule has 11 heteroatoms. The van der Waals surface area contributed by atoms with Crippen molar-refractivity contribution in [3.05, 3.63) is 64.2 Å². The van der Waals surface area contributed by atoms with Gasteiger partial charge in [0.25, 0.3) is 0 Å². The van der Waals surface area contributed by atoms with Crippen LogP contribution in [-0.2, 0) is 9.47 Å². The predicted octanol–water partition coefficient (Wildman–Crippen LogP) is 6.26. The van der Waals surface area contributed by atoms with Crippen LogP contribution in [0.2, 0.25) is 5.02 Å². The Kier molecular flexibility index (Phi) is 15.4. The number of benzene rings is 1. The molecule has 0 spiro atoms. The minimum atomic E-state index is -0.586. The van der Waals surface area contributed by atoms with Gasteiger partial charge in [-0.1, -0.05) is 18.5 Å². The normalized spacial score (nSPS) is 15.2. The number of methoxy groups -OCH3 is 1. The van der Waals surface area contributed by atoms with E-state index in [-0.39, 0.29) is 10.6 Å². The van der Waals surface area contributed by atoms with Crippen LogP contribution in [0.15, 0.2) is 52.8 Å². The molecule has 0 saturated heterocycles. The molecule has 7 nitrogen and oxygen atoms in total. The Balaban J connectivity index is 0.000000351. The number of ether oxygens (including phenoxy) is 2. The fraction of sp³-hybridized carbons (Fsp3) is 0.417. The molecule has 0 bridgehead atoms. The molecule has 2 N–H and O–H groups in total. The highest BCUT2D eigenvalue weighted by Crippen LogP contribution is 2.47. The van der Waals surface area contributed by atoms with Gasteiger partial charge in [0, 0.05) is 40.8 Å². The van der Waals surface area contributed by atoms with E-state index >= 15 is 0 Å². The van der Waals surface area contributed by atoms with E-state index < -0.39 is 13.1 Å². The van der Waals surface area contributed by atoms with Gasteiger partial charge < -0.3 is 24.8 Å². The molecule has 0 aliphatic carbocycles. The second-order valence-electron chi connectivity index (χ2n) is 7.12. The van der Waals surface area contributed by atoms with Crippen molar-refractivity contribution in [1.82, 2.24) is 10.2 Å². The Morgan fingerprint density at radius 2 is 2.11 bits per heavy atom. The van der Waals surface area contributed by atoms with E-state index in [0.29, 0.717) is 25.2 Å². The Bertz CT molecular complexity index is 944. The molecule has 35 heavy (non-hydrogen) atoms. The zero-order chi connectivity index (χ0) is 26.2. The Labute approximate surface area is 218 Å². The Morgan fingerprint density at radius 3 is 2.69 bits per heavy atom. The molecular weight excluding hydrogens is 510 g/mol. The minimum Gasteiger partial charge on any atom is -0.491 e. The largest absolute Gasteiger partial charge is 0.491 e. The van der Waals surface area contributed by atoms with Crippen LogP contribution in [0.4, 0.5) is 10.1 Å². The maximum atomic E-state index is 13.2. The van der Waals surface area contributed by atoms with Gasteiger partial charge >= 0.3 is 0 Å². The fourth-order valence-corrected chi connectivity index (χ4v) is 5.79. The molecule has 1 atom stereocenters. The van der Waals surface area contributed by atoms with E-state index in [4.69, 9.17) is 21.1 Å². The summed E-state index contributed by atoms with van der Waals surface area (Å²) in [7, 11) is 5.00. The van der Waals surface area contributed by atoms with Crippen LogP contribution in [0.1, 0.15) is 30.6 Å². The van der Waals surface area contributed by atoms with Gasteiger partial charge in [-0.25, -0.2) is 9.38 Å². The Hall–Kier alpha value is -2.06. The maximum absolute atomic E-state index is 13.2. The van der Waals surface area contributed by atoms with Crippen LogP contribution < -0.4 is 10.4 Å². The van der Waals surface area contributed by atoms with Crippen molar-refractivity contribution in [3.63, 3.8) is 0 Å². The van der Waals surface area contributed by atoms with E-state index in [2.05, 4.69) is 29.0 Å². The summed E-state index contributed by atoms with van der Waals surface area (Å²) in [5.41, 5.74) is 1.50. The number of rotatable bonds is 12. The van der Waals surface area contributed by atoms with Crippen molar-refractivity contribution >= 4 is 48.4 Å². The van der Waals surface area contributed by atoms with Crippen LogP contribution >= 0.6 is 30.3 Å². The molecular formula is C24H35ClFN4O3PS. The molecule has 1 aromatic rings. The zero-order valence-electron chi connectivity index (χ0n) is 21.1. The van der Waals surface area contributed by atoms with Gasteiger partial charge in [0.2, 0.25) is 0 Å². The lowest BCUT2D eigenvalue weighted by atomic mass is 10.2. The van der Waals surface area contributed by atoms with Gasteiger partial charge in [-0.3, -0.25) is 4.79 Å². The van der Waals surface area contributed by atoms with E-state index in [1.54, 1.807) is 19.4 Å². The first-order valence-electron chi connectivity index (χ1n) is 11.0. The van der Waals surface area contributed by atoms with E-state index in [1.165, 1.54) is 6.07 Å². The lowest BCUT2D eigenvalue weighted by Crippen LogP contribution is -2.20. The Morgan fingerprint density at radius 1 is 1.37 bits per heavy atom. The molecule has 1 aromatic carbocycles. The third-order valence-electron chi connectivity index (χ3n) is 4.44. The highest BCUT2D eigenvalue weighted by atomic mass is 35.5.